The Bertz CT molecular complexity index is 525. The summed E-state index contributed by atoms with van der Waals surface area (Å²) >= 11 is 0. The van der Waals surface area contributed by atoms with E-state index < -0.39 is 0 Å². The Kier molecular flexibility index (Phi) is 5.15. The Morgan fingerprint density at radius 1 is 1.21 bits per heavy atom. The molecule has 0 aliphatic rings. The summed E-state index contributed by atoms with van der Waals surface area (Å²) in [6.07, 6.45) is 6.58. The van der Waals surface area contributed by atoms with E-state index in [4.69, 9.17) is 5.26 Å². The Hall–Kier alpha value is -2.12. The lowest BCUT2D eigenvalue weighted by atomic mass is 10.2. The van der Waals surface area contributed by atoms with Crippen LogP contribution in [0.3, 0.4) is 0 Å². The minimum atomic E-state index is 0.646. The summed E-state index contributed by atoms with van der Waals surface area (Å²) in [7, 11) is 0. The van der Waals surface area contributed by atoms with Crippen LogP contribution in [-0.4, -0.2) is 16.3 Å². The summed E-state index contributed by atoms with van der Waals surface area (Å²) < 4.78 is 1.88. The number of nitrogens with zero attached hydrogens (tertiary/aromatic N) is 3. The van der Waals surface area contributed by atoms with E-state index >= 15 is 0 Å². The number of nitriles is 1. The van der Waals surface area contributed by atoms with E-state index in [0.29, 0.717) is 6.42 Å². The van der Waals surface area contributed by atoms with Crippen LogP contribution in [0.5, 0.6) is 0 Å². The Morgan fingerprint density at radius 2 is 2.05 bits per heavy atom. The first-order valence-electron chi connectivity index (χ1n) is 6.57. The van der Waals surface area contributed by atoms with Crippen molar-refractivity contribution in [2.75, 3.05) is 6.54 Å². The highest BCUT2D eigenvalue weighted by atomic mass is 15.3. The molecule has 4 nitrogen and oxygen atoms in total. The quantitative estimate of drug-likeness (QED) is 0.773. The van der Waals surface area contributed by atoms with Crippen molar-refractivity contribution >= 4 is 0 Å². The summed E-state index contributed by atoms with van der Waals surface area (Å²) in [4.78, 5) is 0. The molecule has 2 rings (SSSR count). The summed E-state index contributed by atoms with van der Waals surface area (Å²) in [5.41, 5.74) is 2.24. The molecule has 1 heterocycles. The molecule has 2 aromatic rings. The van der Waals surface area contributed by atoms with Crippen LogP contribution in [-0.2, 0) is 6.54 Å². The van der Waals surface area contributed by atoms with E-state index in [-0.39, 0.29) is 0 Å². The number of aromatic nitrogens is 2. The molecule has 1 N–H and O–H groups in total. The average molecular weight is 254 g/mol. The van der Waals surface area contributed by atoms with Gasteiger partial charge < -0.3 is 5.32 Å². The maximum Gasteiger partial charge on any atom is 0.0645 e. The molecule has 0 radical (unpaired) electrons. The van der Waals surface area contributed by atoms with Crippen LogP contribution in [0.1, 0.15) is 24.8 Å². The van der Waals surface area contributed by atoms with Crippen LogP contribution >= 0.6 is 0 Å². The molecule has 98 valence electrons. The van der Waals surface area contributed by atoms with Crippen LogP contribution in [0.2, 0.25) is 0 Å². The molecule has 0 fully saturated rings. The van der Waals surface area contributed by atoms with Crippen LogP contribution < -0.4 is 5.32 Å². The SMILES string of the molecule is N#CCCCCNCc1cnn(-c2ccccc2)c1. The Labute approximate surface area is 113 Å². The van der Waals surface area contributed by atoms with Crippen LogP contribution in [0.25, 0.3) is 5.69 Å². The van der Waals surface area contributed by atoms with Gasteiger partial charge in [-0.2, -0.15) is 10.4 Å². The van der Waals surface area contributed by atoms with E-state index in [1.807, 2.05) is 47.4 Å². The fourth-order valence-electron chi connectivity index (χ4n) is 1.86. The smallest absolute Gasteiger partial charge is 0.0645 e. The molecule has 1 aromatic heterocycles. The van der Waals surface area contributed by atoms with Gasteiger partial charge in [-0.3, -0.25) is 0 Å². The largest absolute Gasteiger partial charge is 0.313 e. The molecule has 0 unspecified atom stereocenters. The van der Waals surface area contributed by atoms with Gasteiger partial charge in [-0.05, 0) is 31.5 Å². The second kappa shape index (κ2) is 7.34. The van der Waals surface area contributed by atoms with Crippen molar-refractivity contribution in [2.45, 2.75) is 25.8 Å². The minimum Gasteiger partial charge on any atom is -0.313 e. The number of benzene rings is 1. The van der Waals surface area contributed by atoms with Crippen molar-refractivity contribution in [1.29, 1.82) is 5.26 Å². The van der Waals surface area contributed by atoms with Gasteiger partial charge in [0.05, 0.1) is 18.0 Å². The lowest BCUT2D eigenvalue weighted by Crippen LogP contribution is -2.14. The van der Waals surface area contributed by atoms with Crippen molar-refractivity contribution in [3.63, 3.8) is 0 Å². The molecule has 4 heteroatoms. The number of rotatable bonds is 7. The fourth-order valence-corrected chi connectivity index (χ4v) is 1.86. The molecule has 0 saturated heterocycles. The lowest BCUT2D eigenvalue weighted by Gasteiger charge is -2.01. The highest BCUT2D eigenvalue weighted by Gasteiger charge is 1.99. The zero-order valence-electron chi connectivity index (χ0n) is 10.9. The van der Waals surface area contributed by atoms with E-state index in [1.54, 1.807) is 0 Å². The predicted molar refractivity (Wildman–Crippen MR) is 74.7 cm³/mol. The van der Waals surface area contributed by atoms with E-state index in [9.17, 15) is 0 Å². The molecule has 0 aliphatic heterocycles. The monoisotopic (exact) mass is 254 g/mol. The molecule has 0 saturated carbocycles. The zero-order chi connectivity index (χ0) is 13.3. The summed E-state index contributed by atoms with van der Waals surface area (Å²) in [5.74, 6) is 0. The van der Waals surface area contributed by atoms with Crippen molar-refractivity contribution in [2.24, 2.45) is 0 Å². The molecule has 1 aromatic carbocycles. The van der Waals surface area contributed by atoms with E-state index in [2.05, 4.69) is 16.5 Å². The van der Waals surface area contributed by atoms with Crippen LogP contribution in [0.4, 0.5) is 0 Å². The summed E-state index contributed by atoms with van der Waals surface area (Å²) in [6.45, 7) is 1.76. The number of unbranched alkanes of at least 4 members (excludes halogenated alkanes) is 2. The normalized spacial score (nSPS) is 10.3. The molecule has 0 amide bonds. The van der Waals surface area contributed by atoms with Gasteiger partial charge in [-0.1, -0.05) is 18.2 Å². The lowest BCUT2D eigenvalue weighted by molar-refractivity contribution is 0.628. The maximum atomic E-state index is 8.43. The molecule has 0 aliphatic carbocycles. The number of hydrogen-bond acceptors (Lipinski definition) is 3. The van der Waals surface area contributed by atoms with Gasteiger partial charge in [0.2, 0.25) is 0 Å². The number of hydrogen-bond donors (Lipinski definition) is 1. The van der Waals surface area contributed by atoms with E-state index in [1.165, 1.54) is 5.56 Å². The van der Waals surface area contributed by atoms with Crippen LogP contribution in [0, 0.1) is 11.3 Å². The van der Waals surface area contributed by atoms with Gasteiger partial charge in [-0.15, -0.1) is 0 Å². The Balaban J connectivity index is 1.77. The molecule has 0 spiro atoms. The molecule has 0 bridgehead atoms. The van der Waals surface area contributed by atoms with Gasteiger partial charge >= 0.3 is 0 Å². The number of para-hydroxylation sites is 1. The topological polar surface area (TPSA) is 53.6 Å². The highest BCUT2D eigenvalue weighted by molar-refractivity contribution is 5.30. The first-order valence-corrected chi connectivity index (χ1v) is 6.57. The zero-order valence-corrected chi connectivity index (χ0v) is 10.9. The molecular weight excluding hydrogens is 236 g/mol. The molecular formula is C15H18N4. The fraction of sp³-hybridized carbons (Fsp3) is 0.333. The van der Waals surface area contributed by atoms with Gasteiger partial charge in [0.25, 0.3) is 0 Å². The van der Waals surface area contributed by atoms with E-state index in [0.717, 1.165) is 31.6 Å². The van der Waals surface area contributed by atoms with Gasteiger partial charge in [0.15, 0.2) is 0 Å². The Morgan fingerprint density at radius 3 is 2.84 bits per heavy atom. The maximum absolute atomic E-state index is 8.43. The summed E-state index contributed by atoms with van der Waals surface area (Å²) in [6, 6.07) is 12.2. The van der Waals surface area contributed by atoms with Gasteiger partial charge in [0, 0.05) is 24.7 Å². The molecule has 0 atom stereocenters. The standard InChI is InChI=1S/C15H18N4/c16-9-5-2-6-10-17-11-14-12-18-19(13-14)15-7-3-1-4-8-15/h1,3-4,7-8,12-13,17H,2,5-6,10-11H2. The molecule has 19 heavy (non-hydrogen) atoms. The van der Waals surface area contributed by atoms with Crippen molar-refractivity contribution in [3.8, 4) is 11.8 Å². The van der Waals surface area contributed by atoms with Crippen molar-refractivity contribution < 1.29 is 0 Å². The number of nitrogens with one attached hydrogen (secondary N) is 1. The van der Waals surface area contributed by atoms with Crippen molar-refractivity contribution in [3.05, 3.63) is 48.3 Å². The third kappa shape index (κ3) is 4.23. The second-order valence-corrected chi connectivity index (χ2v) is 4.42. The first kappa shape index (κ1) is 13.3. The summed E-state index contributed by atoms with van der Waals surface area (Å²) in [5, 5.41) is 16.1. The van der Waals surface area contributed by atoms with Gasteiger partial charge in [-0.25, -0.2) is 4.68 Å². The third-order valence-corrected chi connectivity index (χ3v) is 2.88. The highest BCUT2D eigenvalue weighted by Crippen LogP contribution is 2.07. The average Bonchev–Trinajstić information content (AvgIpc) is 2.92. The minimum absolute atomic E-state index is 0.646. The van der Waals surface area contributed by atoms with Gasteiger partial charge in [0.1, 0.15) is 0 Å². The predicted octanol–water partition coefficient (Wildman–Crippen LogP) is 2.66. The third-order valence-electron chi connectivity index (χ3n) is 2.88. The van der Waals surface area contributed by atoms with Crippen LogP contribution in [0.15, 0.2) is 42.7 Å². The first-order chi connectivity index (χ1) is 9.40. The second-order valence-electron chi connectivity index (χ2n) is 4.42. The van der Waals surface area contributed by atoms with Crippen molar-refractivity contribution in [1.82, 2.24) is 15.1 Å².